The first-order valence-corrected chi connectivity index (χ1v) is 7.14. The third-order valence-electron chi connectivity index (χ3n) is 3.40. The summed E-state index contributed by atoms with van der Waals surface area (Å²) in [5, 5.41) is 3.37. The number of nitrogen functional groups attached to an aromatic ring is 1. The maximum atomic E-state index is 14.2. The molecule has 2 N–H and O–H groups in total. The predicted octanol–water partition coefficient (Wildman–Crippen LogP) is 4.93. The Morgan fingerprint density at radius 1 is 0.958 bits per heavy atom. The van der Waals surface area contributed by atoms with Gasteiger partial charge >= 0.3 is 6.18 Å². The van der Waals surface area contributed by atoms with Gasteiger partial charge in [-0.25, -0.2) is 9.07 Å². The van der Waals surface area contributed by atoms with Crippen LogP contribution in [-0.4, -0.2) is 9.78 Å². The normalized spacial score (nSPS) is 11.7. The summed E-state index contributed by atoms with van der Waals surface area (Å²) in [6, 6.07) is 11.6. The Morgan fingerprint density at radius 3 is 2.21 bits per heavy atom. The van der Waals surface area contributed by atoms with Crippen molar-refractivity contribution in [2.75, 3.05) is 5.73 Å². The molecule has 0 aliphatic rings. The summed E-state index contributed by atoms with van der Waals surface area (Å²) in [5.41, 5.74) is 3.90. The van der Waals surface area contributed by atoms with Gasteiger partial charge in [-0.2, -0.15) is 18.3 Å². The van der Waals surface area contributed by atoms with Gasteiger partial charge in [0.1, 0.15) is 11.6 Å². The van der Waals surface area contributed by atoms with Crippen LogP contribution in [0.25, 0.3) is 16.8 Å². The van der Waals surface area contributed by atoms with Gasteiger partial charge in [-0.05, 0) is 24.3 Å². The molecule has 3 aromatic rings. The molecule has 0 aliphatic heterocycles. The number of halogens is 5. The van der Waals surface area contributed by atoms with Gasteiger partial charge < -0.3 is 5.73 Å². The van der Waals surface area contributed by atoms with E-state index in [-0.39, 0.29) is 10.8 Å². The zero-order chi connectivity index (χ0) is 17.5. The molecule has 0 saturated heterocycles. The first kappa shape index (κ1) is 16.3. The van der Waals surface area contributed by atoms with Crippen molar-refractivity contribution in [1.82, 2.24) is 9.78 Å². The Labute approximate surface area is 139 Å². The van der Waals surface area contributed by atoms with E-state index < -0.39 is 28.8 Å². The van der Waals surface area contributed by atoms with E-state index >= 15 is 0 Å². The Morgan fingerprint density at radius 2 is 1.62 bits per heavy atom. The molecule has 0 amide bonds. The zero-order valence-electron chi connectivity index (χ0n) is 12.0. The summed E-state index contributed by atoms with van der Waals surface area (Å²) in [7, 11) is 0. The SMILES string of the molecule is Nc1c(-c2c(F)cccc2Cl)c(C(F)(F)F)nn1-c1ccccc1. The quantitative estimate of drug-likeness (QED) is 0.662. The molecule has 124 valence electrons. The van der Waals surface area contributed by atoms with Crippen LogP contribution in [0.5, 0.6) is 0 Å². The summed E-state index contributed by atoms with van der Waals surface area (Å²) in [5.74, 6) is -1.26. The van der Waals surface area contributed by atoms with Gasteiger partial charge in [-0.3, -0.25) is 0 Å². The molecule has 1 heterocycles. The number of benzene rings is 2. The van der Waals surface area contributed by atoms with E-state index in [0.717, 1.165) is 10.7 Å². The Balaban J connectivity index is 2.35. The van der Waals surface area contributed by atoms with Crippen molar-refractivity contribution in [3.8, 4) is 16.8 Å². The van der Waals surface area contributed by atoms with Crippen molar-refractivity contribution >= 4 is 17.4 Å². The van der Waals surface area contributed by atoms with Gasteiger partial charge in [0.2, 0.25) is 0 Å². The highest BCUT2D eigenvalue weighted by Gasteiger charge is 2.40. The third kappa shape index (κ3) is 2.71. The number of hydrogen-bond donors (Lipinski definition) is 1. The summed E-state index contributed by atoms with van der Waals surface area (Å²) < 4.78 is 55.3. The van der Waals surface area contributed by atoms with Gasteiger partial charge in [0, 0.05) is 5.56 Å². The lowest BCUT2D eigenvalue weighted by molar-refractivity contribution is -0.140. The topological polar surface area (TPSA) is 43.8 Å². The fourth-order valence-corrected chi connectivity index (χ4v) is 2.64. The van der Waals surface area contributed by atoms with Crippen LogP contribution >= 0.6 is 11.6 Å². The van der Waals surface area contributed by atoms with Gasteiger partial charge in [0.25, 0.3) is 0 Å². The lowest BCUT2D eigenvalue weighted by Crippen LogP contribution is -2.09. The van der Waals surface area contributed by atoms with E-state index in [1.54, 1.807) is 18.2 Å². The van der Waals surface area contributed by atoms with Gasteiger partial charge in [0.05, 0.1) is 16.3 Å². The first-order chi connectivity index (χ1) is 11.3. The second kappa shape index (κ2) is 5.83. The maximum absolute atomic E-state index is 14.2. The molecule has 0 atom stereocenters. The van der Waals surface area contributed by atoms with Gasteiger partial charge in [-0.15, -0.1) is 0 Å². The maximum Gasteiger partial charge on any atom is 0.435 e. The lowest BCUT2D eigenvalue weighted by Gasteiger charge is -2.09. The standard InChI is InChI=1S/C16H10ClF4N3/c17-10-7-4-8-11(18)12(10)13-14(16(19,20)21)23-24(15(13)22)9-5-2-1-3-6-9/h1-8H,22H2. The summed E-state index contributed by atoms with van der Waals surface area (Å²) in [6.07, 6.45) is -4.82. The van der Waals surface area contributed by atoms with Crippen LogP contribution < -0.4 is 5.73 Å². The van der Waals surface area contributed by atoms with E-state index in [9.17, 15) is 17.6 Å². The Bertz CT molecular complexity index is 868. The minimum absolute atomic E-state index is 0.181. The zero-order valence-corrected chi connectivity index (χ0v) is 12.7. The smallest absolute Gasteiger partial charge is 0.383 e. The molecule has 0 spiro atoms. The van der Waals surface area contributed by atoms with E-state index in [4.69, 9.17) is 17.3 Å². The highest BCUT2D eigenvalue weighted by Crippen LogP contribution is 2.43. The predicted molar refractivity (Wildman–Crippen MR) is 83.4 cm³/mol. The summed E-state index contributed by atoms with van der Waals surface area (Å²) in [4.78, 5) is 0. The molecule has 0 aliphatic carbocycles. The molecule has 0 unspecified atom stereocenters. The summed E-state index contributed by atoms with van der Waals surface area (Å²) in [6.45, 7) is 0. The number of aromatic nitrogens is 2. The molecule has 0 fully saturated rings. The van der Waals surface area contributed by atoms with Crippen LogP contribution in [0.4, 0.5) is 23.4 Å². The van der Waals surface area contributed by atoms with Crippen LogP contribution in [0, 0.1) is 5.82 Å². The van der Waals surface area contributed by atoms with Crippen LogP contribution in [0.15, 0.2) is 48.5 Å². The fraction of sp³-hybridized carbons (Fsp3) is 0.0625. The number of nitrogens with two attached hydrogens (primary N) is 1. The number of rotatable bonds is 2. The number of anilines is 1. The largest absolute Gasteiger partial charge is 0.435 e. The Kier molecular flexibility index (Phi) is 3.96. The molecule has 8 heteroatoms. The second-order valence-corrected chi connectivity index (χ2v) is 5.36. The molecule has 24 heavy (non-hydrogen) atoms. The Hall–Kier alpha value is -2.54. The van der Waals surface area contributed by atoms with E-state index in [2.05, 4.69) is 5.10 Å². The highest BCUT2D eigenvalue weighted by atomic mass is 35.5. The molecule has 0 bridgehead atoms. The van der Waals surface area contributed by atoms with Crippen molar-refractivity contribution in [3.63, 3.8) is 0 Å². The second-order valence-electron chi connectivity index (χ2n) is 4.95. The third-order valence-corrected chi connectivity index (χ3v) is 3.72. The molecule has 0 radical (unpaired) electrons. The minimum atomic E-state index is -4.82. The van der Waals surface area contributed by atoms with Crippen molar-refractivity contribution in [2.24, 2.45) is 0 Å². The minimum Gasteiger partial charge on any atom is -0.383 e. The van der Waals surface area contributed by atoms with Crippen molar-refractivity contribution in [3.05, 3.63) is 65.1 Å². The van der Waals surface area contributed by atoms with Gasteiger partial charge in [0.15, 0.2) is 5.69 Å². The average molecular weight is 356 g/mol. The van der Waals surface area contributed by atoms with E-state index in [1.807, 2.05) is 0 Å². The molecular weight excluding hydrogens is 346 g/mol. The number of hydrogen-bond acceptors (Lipinski definition) is 2. The molecule has 3 rings (SSSR count). The van der Waals surface area contributed by atoms with Crippen molar-refractivity contribution in [1.29, 1.82) is 0 Å². The van der Waals surface area contributed by atoms with Crippen molar-refractivity contribution in [2.45, 2.75) is 6.18 Å². The molecule has 2 aromatic carbocycles. The number of para-hydroxylation sites is 1. The number of nitrogens with zero attached hydrogens (tertiary/aromatic N) is 2. The number of alkyl halides is 3. The van der Waals surface area contributed by atoms with Crippen LogP contribution in [0.3, 0.4) is 0 Å². The lowest BCUT2D eigenvalue weighted by atomic mass is 10.0. The molecule has 3 nitrogen and oxygen atoms in total. The van der Waals surface area contributed by atoms with Gasteiger partial charge in [-0.1, -0.05) is 35.9 Å². The highest BCUT2D eigenvalue weighted by molar-refractivity contribution is 6.33. The molecule has 0 saturated carbocycles. The van der Waals surface area contributed by atoms with Crippen molar-refractivity contribution < 1.29 is 17.6 Å². The van der Waals surface area contributed by atoms with Crippen LogP contribution in [0.2, 0.25) is 5.02 Å². The monoisotopic (exact) mass is 355 g/mol. The fourth-order valence-electron chi connectivity index (χ4n) is 2.38. The van der Waals surface area contributed by atoms with E-state index in [0.29, 0.717) is 5.69 Å². The van der Waals surface area contributed by atoms with Crippen LogP contribution in [-0.2, 0) is 6.18 Å². The summed E-state index contributed by atoms with van der Waals surface area (Å²) >= 11 is 5.91. The average Bonchev–Trinajstić information content (AvgIpc) is 2.86. The molecular formula is C16H10ClF4N3. The molecule has 1 aromatic heterocycles. The van der Waals surface area contributed by atoms with Crippen LogP contribution in [0.1, 0.15) is 5.69 Å². The first-order valence-electron chi connectivity index (χ1n) is 6.76. The van der Waals surface area contributed by atoms with E-state index in [1.165, 1.54) is 24.3 Å².